The summed E-state index contributed by atoms with van der Waals surface area (Å²) in [7, 11) is 0. The van der Waals surface area contributed by atoms with Crippen LogP contribution in [0.4, 0.5) is 4.39 Å². The van der Waals surface area contributed by atoms with Gasteiger partial charge in [0.1, 0.15) is 17.0 Å². The van der Waals surface area contributed by atoms with Gasteiger partial charge in [-0.3, -0.25) is 19.0 Å². The van der Waals surface area contributed by atoms with E-state index in [0.29, 0.717) is 25.3 Å². The van der Waals surface area contributed by atoms with Crippen LogP contribution in [0.25, 0.3) is 12.2 Å². The molecule has 0 bridgehead atoms. The van der Waals surface area contributed by atoms with E-state index in [1.165, 1.54) is 28.8 Å². The van der Waals surface area contributed by atoms with Gasteiger partial charge in [-0.2, -0.15) is 0 Å². The number of nitrogens with zero attached hydrogens (tertiary/aromatic N) is 1. The van der Waals surface area contributed by atoms with Gasteiger partial charge in [-0.1, -0.05) is 42.8 Å². The fourth-order valence-corrected chi connectivity index (χ4v) is 4.14. The largest absolute Gasteiger partial charge is 0.352 e. The molecule has 166 valence electrons. The molecule has 32 heavy (non-hydrogen) atoms. The van der Waals surface area contributed by atoms with E-state index in [1.807, 2.05) is 13.8 Å². The zero-order valence-corrected chi connectivity index (χ0v) is 19.2. The molecule has 1 amide bonds. The standard InChI is InChI=1S/C24H22ClFN2O3S/c1-3-15(2)27-22(30)14-28-23(13-20(29)17-5-4-6-18(25)12-17)32-21(24(28)31)11-16-7-9-19(26)10-8-16/h4-13,15H,3,14H2,1-2H3,(H,27,30)/b21-11-,23-13-. The Bertz CT molecular complexity index is 1310. The van der Waals surface area contributed by atoms with Gasteiger partial charge in [0.2, 0.25) is 5.91 Å². The molecule has 5 nitrogen and oxygen atoms in total. The SMILES string of the molecule is CCC(C)NC(=O)Cn1c(=O)/c(=C/c2ccc(F)cc2)s/c1=C\C(=O)c1cccc(Cl)c1. The number of nitrogens with one attached hydrogen (secondary N) is 1. The molecule has 1 heterocycles. The number of amides is 1. The molecule has 1 N–H and O–H groups in total. The lowest BCUT2D eigenvalue weighted by molar-refractivity contribution is -0.122. The third-order valence-corrected chi connectivity index (χ3v) is 6.08. The number of carbonyl (C=O) groups excluding carboxylic acids is 2. The molecule has 0 saturated heterocycles. The van der Waals surface area contributed by atoms with Crippen molar-refractivity contribution in [2.75, 3.05) is 0 Å². The van der Waals surface area contributed by atoms with Crippen LogP contribution in [0.5, 0.6) is 0 Å². The van der Waals surface area contributed by atoms with Gasteiger partial charge in [0.05, 0.1) is 4.53 Å². The minimum atomic E-state index is -0.399. The first kappa shape index (κ1) is 23.6. The average molecular weight is 473 g/mol. The molecule has 0 saturated carbocycles. The van der Waals surface area contributed by atoms with E-state index in [2.05, 4.69) is 5.32 Å². The lowest BCUT2D eigenvalue weighted by atomic mass is 10.1. The highest BCUT2D eigenvalue weighted by atomic mass is 35.5. The minimum absolute atomic E-state index is 0.0393. The van der Waals surface area contributed by atoms with Crippen LogP contribution in [-0.2, 0) is 11.3 Å². The molecular weight excluding hydrogens is 451 g/mol. The highest BCUT2D eigenvalue weighted by molar-refractivity contribution is 7.07. The Morgan fingerprint density at radius 2 is 1.94 bits per heavy atom. The molecule has 0 aliphatic rings. The molecule has 3 rings (SSSR count). The fourth-order valence-electron chi connectivity index (χ4n) is 2.91. The molecule has 1 unspecified atom stereocenters. The van der Waals surface area contributed by atoms with Crippen LogP contribution in [-0.4, -0.2) is 22.3 Å². The van der Waals surface area contributed by atoms with Crippen molar-refractivity contribution in [3.8, 4) is 0 Å². The number of halogens is 2. The molecule has 0 aliphatic carbocycles. The predicted molar refractivity (Wildman–Crippen MR) is 126 cm³/mol. The Morgan fingerprint density at radius 1 is 1.22 bits per heavy atom. The lowest BCUT2D eigenvalue weighted by Gasteiger charge is -2.11. The van der Waals surface area contributed by atoms with E-state index in [9.17, 15) is 18.8 Å². The molecule has 2 aromatic carbocycles. The number of aromatic nitrogens is 1. The summed E-state index contributed by atoms with van der Waals surface area (Å²) in [5, 5.41) is 3.25. The first-order valence-electron chi connectivity index (χ1n) is 10.0. The van der Waals surface area contributed by atoms with Crippen LogP contribution >= 0.6 is 22.9 Å². The van der Waals surface area contributed by atoms with E-state index in [0.717, 1.165) is 17.8 Å². The molecular formula is C24H22ClFN2O3S. The first-order valence-corrected chi connectivity index (χ1v) is 11.2. The molecule has 8 heteroatoms. The smallest absolute Gasteiger partial charge is 0.269 e. The van der Waals surface area contributed by atoms with Crippen LogP contribution in [0.3, 0.4) is 0 Å². The van der Waals surface area contributed by atoms with Gasteiger partial charge < -0.3 is 5.32 Å². The molecule has 3 aromatic rings. The molecule has 0 radical (unpaired) electrons. The molecule has 0 fully saturated rings. The van der Waals surface area contributed by atoms with Crippen molar-refractivity contribution in [3.05, 3.63) is 90.0 Å². The van der Waals surface area contributed by atoms with Gasteiger partial charge in [-0.25, -0.2) is 4.39 Å². The van der Waals surface area contributed by atoms with Crippen molar-refractivity contribution in [2.24, 2.45) is 0 Å². The van der Waals surface area contributed by atoms with Gasteiger partial charge in [-0.15, -0.1) is 11.3 Å². The van der Waals surface area contributed by atoms with Gasteiger partial charge in [0, 0.05) is 22.7 Å². The van der Waals surface area contributed by atoms with Crippen LogP contribution in [0.2, 0.25) is 5.02 Å². The van der Waals surface area contributed by atoms with E-state index in [4.69, 9.17) is 11.6 Å². The van der Waals surface area contributed by atoms with Crippen molar-refractivity contribution < 1.29 is 14.0 Å². The number of carbonyl (C=O) groups is 2. The number of thiazole rings is 1. The van der Waals surface area contributed by atoms with Gasteiger partial charge in [0.15, 0.2) is 5.78 Å². The van der Waals surface area contributed by atoms with E-state index >= 15 is 0 Å². The maximum Gasteiger partial charge on any atom is 0.269 e. The molecule has 0 aliphatic heterocycles. The summed E-state index contributed by atoms with van der Waals surface area (Å²) in [5.74, 6) is -1.04. The number of ketones is 1. The summed E-state index contributed by atoms with van der Waals surface area (Å²) in [6.45, 7) is 3.60. The zero-order chi connectivity index (χ0) is 23.3. The van der Waals surface area contributed by atoms with Crippen LogP contribution in [0, 0.1) is 5.82 Å². The summed E-state index contributed by atoms with van der Waals surface area (Å²) < 4.78 is 15.2. The van der Waals surface area contributed by atoms with Crippen molar-refractivity contribution in [1.82, 2.24) is 9.88 Å². The summed E-state index contributed by atoms with van der Waals surface area (Å²) in [6.07, 6.45) is 3.69. The third-order valence-electron chi connectivity index (χ3n) is 4.79. The van der Waals surface area contributed by atoms with Crippen LogP contribution in [0.15, 0.2) is 53.3 Å². The monoisotopic (exact) mass is 472 g/mol. The summed E-state index contributed by atoms with van der Waals surface area (Å²) in [4.78, 5) is 38.3. The molecule has 1 atom stereocenters. The van der Waals surface area contributed by atoms with Crippen molar-refractivity contribution >= 4 is 46.8 Å². The Kier molecular flexibility index (Phi) is 7.77. The maximum atomic E-state index is 13.2. The highest BCUT2D eigenvalue weighted by Crippen LogP contribution is 2.11. The van der Waals surface area contributed by atoms with Crippen LogP contribution in [0.1, 0.15) is 36.2 Å². The second kappa shape index (κ2) is 10.5. The second-order valence-electron chi connectivity index (χ2n) is 7.29. The normalized spacial score (nSPS) is 13.2. The first-order chi connectivity index (χ1) is 15.3. The zero-order valence-electron chi connectivity index (χ0n) is 17.6. The number of benzene rings is 2. The number of rotatable bonds is 7. The van der Waals surface area contributed by atoms with E-state index in [1.54, 1.807) is 36.4 Å². The fraction of sp³-hybridized carbons (Fsp3) is 0.208. The quantitative estimate of drug-likeness (QED) is 0.537. The second-order valence-corrected chi connectivity index (χ2v) is 8.79. The lowest BCUT2D eigenvalue weighted by Crippen LogP contribution is -2.40. The van der Waals surface area contributed by atoms with Gasteiger partial charge in [0.25, 0.3) is 5.56 Å². The van der Waals surface area contributed by atoms with E-state index < -0.39 is 5.56 Å². The van der Waals surface area contributed by atoms with Gasteiger partial charge in [-0.05, 0) is 49.2 Å². The number of Topliss-reactive ketones (excluding diaryl/α,β-unsaturated/α-hetero) is 1. The highest BCUT2D eigenvalue weighted by Gasteiger charge is 2.13. The number of hydrogen-bond donors (Lipinski definition) is 1. The third kappa shape index (κ3) is 6.02. The Labute approximate surface area is 193 Å². The summed E-state index contributed by atoms with van der Waals surface area (Å²) >= 11 is 7.07. The average Bonchev–Trinajstić information content (AvgIpc) is 3.03. The van der Waals surface area contributed by atoms with E-state index in [-0.39, 0.29) is 30.1 Å². The molecule has 1 aromatic heterocycles. The Balaban J connectivity index is 2.09. The van der Waals surface area contributed by atoms with Crippen molar-refractivity contribution in [2.45, 2.75) is 32.9 Å². The summed E-state index contributed by atoms with van der Waals surface area (Å²) in [6, 6.07) is 12.2. The van der Waals surface area contributed by atoms with Crippen molar-refractivity contribution in [3.63, 3.8) is 0 Å². The topological polar surface area (TPSA) is 68.2 Å². The van der Waals surface area contributed by atoms with Crippen molar-refractivity contribution in [1.29, 1.82) is 0 Å². The Morgan fingerprint density at radius 3 is 2.59 bits per heavy atom. The number of hydrogen-bond acceptors (Lipinski definition) is 4. The van der Waals surface area contributed by atoms with Gasteiger partial charge >= 0.3 is 0 Å². The summed E-state index contributed by atoms with van der Waals surface area (Å²) in [5.41, 5.74) is 0.607. The predicted octanol–water partition coefficient (Wildman–Crippen LogP) is 3.11. The maximum absolute atomic E-state index is 13.2. The Hall–Kier alpha value is -3.03. The minimum Gasteiger partial charge on any atom is -0.352 e. The molecule has 0 spiro atoms. The van der Waals surface area contributed by atoms with Crippen LogP contribution < -0.4 is 20.1 Å².